The lowest BCUT2D eigenvalue weighted by Gasteiger charge is -2.24. The Balaban J connectivity index is 1.47. The lowest BCUT2D eigenvalue weighted by molar-refractivity contribution is -0.145. The minimum atomic E-state index is -0.624. The van der Waals surface area contributed by atoms with Crippen LogP contribution in [-0.2, 0) is 16.0 Å². The molecule has 154 valence electrons. The van der Waals surface area contributed by atoms with Gasteiger partial charge in [-0.25, -0.2) is 9.37 Å². The summed E-state index contributed by atoms with van der Waals surface area (Å²) in [4.78, 5) is 32.5. The lowest BCUT2D eigenvalue weighted by atomic mass is 9.91. The van der Waals surface area contributed by atoms with Crippen molar-refractivity contribution >= 4 is 23.2 Å². The number of aliphatic hydroxyl groups excluding tert-OH is 1. The van der Waals surface area contributed by atoms with Gasteiger partial charge in [-0.2, -0.15) is 0 Å². The maximum Gasteiger partial charge on any atom is 0.311 e. The summed E-state index contributed by atoms with van der Waals surface area (Å²) >= 11 is 1.55. The van der Waals surface area contributed by atoms with Crippen molar-refractivity contribution in [2.24, 2.45) is 5.41 Å². The molecular formula is C21H24FN3O3S. The highest BCUT2D eigenvalue weighted by Crippen LogP contribution is 2.37. The molecular weight excluding hydrogens is 393 g/mol. The molecule has 2 amide bonds. The molecule has 2 aliphatic rings. The van der Waals surface area contributed by atoms with Crippen LogP contribution in [0, 0.1) is 11.2 Å². The molecule has 2 aromatic rings. The number of thiazole rings is 1. The summed E-state index contributed by atoms with van der Waals surface area (Å²) in [5.74, 6) is -1.47. The number of hydrogen-bond donors (Lipinski definition) is 2. The third-order valence-corrected chi connectivity index (χ3v) is 6.95. The number of nitrogens with zero attached hydrogens (tertiary/aromatic N) is 2. The molecule has 0 bridgehead atoms. The number of nitrogens with one attached hydrogen (secondary N) is 1. The van der Waals surface area contributed by atoms with E-state index in [1.807, 2.05) is 6.92 Å². The number of fused-ring (bicyclic) bond motifs is 1. The molecule has 2 atom stereocenters. The molecule has 4 rings (SSSR count). The fourth-order valence-corrected chi connectivity index (χ4v) is 5.13. The van der Waals surface area contributed by atoms with Crippen molar-refractivity contribution in [2.75, 3.05) is 19.7 Å². The van der Waals surface area contributed by atoms with Gasteiger partial charge in [-0.05, 0) is 49.9 Å². The van der Waals surface area contributed by atoms with Gasteiger partial charge in [-0.3, -0.25) is 9.59 Å². The van der Waals surface area contributed by atoms with Gasteiger partial charge >= 0.3 is 11.8 Å². The van der Waals surface area contributed by atoms with Gasteiger partial charge in [0.15, 0.2) is 0 Å². The predicted octanol–water partition coefficient (Wildman–Crippen LogP) is 2.67. The van der Waals surface area contributed by atoms with Gasteiger partial charge in [0.2, 0.25) is 0 Å². The lowest BCUT2D eigenvalue weighted by Crippen LogP contribution is -2.44. The normalized spacial score (nSPS) is 23.7. The second kappa shape index (κ2) is 7.84. The largest absolute Gasteiger partial charge is 0.396 e. The molecule has 29 heavy (non-hydrogen) atoms. The van der Waals surface area contributed by atoms with E-state index in [9.17, 15) is 19.1 Å². The number of hydrogen-bond acceptors (Lipinski definition) is 5. The molecule has 0 radical (unpaired) electrons. The van der Waals surface area contributed by atoms with E-state index in [2.05, 4.69) is 5.32 Å². The van der Waals surface area contributed by atoms with E-state index >= 15 is 0 Å². The highest BCUT2D eigenvalue weighted by atomic mass is 32.1. The Morgan fingerprint density at radius 2 is 2.14 bits per heavy atom. The van der Waals surface area contributed by atoms with Crippen LogP contribution >= 0.6 is 11.3 Å². The molecule has 1 aromatic carbocycles. The monoisotopic (exact) mass is 417 g/mol. The van der Waals surface area contributed by atoms with Crippen LogP contribution in [0.3, 0.4) is 0 Å². The Morgan fingerprint density at radius 1 is 1.38 bits per heavy atom. The summed E-state index contributed by atoms with van der Waals surface area (Å²) in [5, 5.41) is 13.1. The summed E-state index contributed by atoms with van der Waals surface area (Å²) in [6.45, 7) is 2.77. The zero-order chi connectivity index (χ0) is 20.6. The maximum atomic E-state index is 13.2. The second-order valence-electron chi connectivity index (χ2n) is 8.20. The first-order valence-electron chi connectivity index (χ1n) is 9.85. The van der Waals surface area contributed by atoms with Crippen molar-refractivity contribution in [3.63, 3.8) is 0 Å². The SMILES string of the molecule is CC1(CO)CCN(C(=O)C(=O)NC2CCCc3sc(-c4ccc(F)cc4)nc32)C1. The van der Waals surface area contributed by atoms with Crippen LogP contribution < -0.4 is 5.32 Å². The average Bonchev–Trinajstić information content (AvgIpc) is 3.33. The summed E-state index contributed by atoms with van der Waals surface area (Å²) in [6.07, 6.45) is 3.20. The van der Waals surface area contributed by atoms with Gasteiger partial charge in [0.1, 0.15) is 10.8 Å². The Morgan fingerprint density at radius 3 is 2.83 bits per heavy atom. The minimum absolute atomic E-state index is 0.00459. The topological polar surface area (TPSA) is 82.5 Å². The standard InChI is InChI=1S/C21H24FN3O3S/c1-21(12-26)9-10-25(11-21)20(28)18(27)23-15-3-2-4-16-17(15)24-19(29-16)13-5-7-14(22)8-6-13/h5-8,15,26H,2-4,9-12H2,1H3,(H,23,27). The molecule has 1 fully saturated rings. The molecule has 2 heterocycles. The number of carbonyl (C=O) groups is 2. The zero-order valence-corrected chi connectivity index (χ0v) is 17.1. The molecule has 2 N–H and O–H groups in total. The zero-order valence-electron chi connectivity index (χ0n) is 16.3. The Hall–Kier alpha value is -2.32. The summed E-state index contributed by atoms with van der Waals surface area (Å²) in [7, 11) is 0. The van der Waals surface area contributed by atoms with Crippen molar-refractivity contribution in [3.05, 3.63) is 40.7 Å². The van der Waals surface area contributed by atoms with Gasteiger partial charge in [0.25, 0.3) is 0 Å². The van der Waals surface area contributed by atoms with Gasteiger partial charge in [-0.1, -0.05) is 6.92 Å². The van der Waals surface area contributed by atoms with E-state index in [0.717, 1.165) is 40.4 Å². The molecule has 8 heteroatoms. The highest BCUT2D eigenvalue weighted by molar-refractivity contribution is 7.15. The Bertz CT molecular complexity index is 930. The van der Waals surface area contributed by atoms with Crippen LogP contribution in [0.1, 0.15) is 42.8 Å². The van der Waals surface area contributed by atoms with Gasteiger partial charge < -0.3 is 15.3 Å². The van der Waals surface area contributed by atoms with E-state index in [-0.39, 0.29) is 23.9 Å². The first kappa shape index (κ1) is 20.0. The molecule has 1 aliphatic heterocycles. The van der Waals surface area contributed by atoms with Crippen molar-refractivity contribution in [1.29, 1.82) is 0 Å². The first-order chi connectivity index (χ1) is 13.9. The van der Waals surface area contributed by atoms with E-state index in [1.165, 1.54) is 17.0 Å². The first-order valence-corrected chi connectivity index (χ1v) is 10.7. The number of halogens is 1. The Labute approximate surface area is 172 Å². The summed E-state index contributed by atoms with van der Waals surface area (Å²) < 4.78 is 13.2. The van der Waals surface area contributed by atoms with Gasteiger partial charge in [0.05, 0.1) is 18.3 Å². The average molecular weight is 418 g/mol. The number of aryl methyl sites for hydroxylation is 1. The second-order valence-corrected chi connectivity index (χ2v) is 9.28. The number of aromatic nitrogens is 1. The minimum Gasteiger partial charge on any atom is -0.396 e. The number of aliphatic hydroxyl groups is 1. The van der Waals surface area contributed by atoms with E-state index in [4.69, 9.17) is 4.98 Å². The van der Waals surface area contributed by atoms with Crippen molar-refractivity contribution < 1.29 is 19.1 Å². The molecule has 0 saturated carbocycles. The number of rotatable bonds is 3. The molecule has 1 saturated heterocycles. The predicted molar refractivity (Wildman–Crippen MR) is 108 cm³/mol. The van der Waals surface area contributed by atoms with Crippen LogP contribution in [0.5, 0.6) is 0 Å². The van der Waals surface area contributed by atoms with Crippen molar-refractivity contribution in [3.8, 4) is 10.6 Å². The molecule has 1 aromatic heterocycles. The van der Waals surface area contributed by atoms with Crippen LogP contribution in [-0.4, -0.2) is 46.5 Å². The number of benzene rings is 1. The highest BCUT2D eigenvalue weighted by Gasteiger charge is 2.38. The number of likely N-dealkylation sites (tertiary alicyclic amines) is 1. The van der Waals surface area contributed by atoms with Crippen LogP contribution in [0.25, 0.3) is 10.6 Å². The van der Waals surface area contributed by atoms with Gasteiger partial charge in [-0.15, -0.1) is 11.3 Å². The number of amides is 2. The molecule has 2 unspecified atom stereocenters. The number of carbonyl (C=O) groups excluding carboxylic acids is 2. The maximum absolute atomic E-state index is 13.2. The van der Waals surface area contributed by atoms with Crippen molar-refractivity contribution in [1.82, 2.24) is 15.2 Å². The van der Waals surface area contributed by atoms with E-state index < -0.39 is 11.8 Å². The van der Waals surface area contributed by atoms with Crippen LogP contribution in [0.2, 0.25) is 0 Å². The molecule has 6 nitrogen and oxygen atoms in total. The molecule has 1 aliphatic carbocycles. The smallest absolute Gasteiger partial charge is 0.311 e. The van der Waals surface area contributed by atoms with E-state index in [0.29, 0.717) is 19.5 Å². The van der Waals surface area contributed by atoms with Crippen LogP contribution in [0.4, 0.5) is 4.39 Å². The van der Waals surface area contributed by atoms with Crippen LogP contribution in [0.15, 0.2) is 24.3 Å². The quantitative estimate of drug-likeness (QED) is 0.753. The molecule has 0 spiro atoms. The Kier molecular flexibility index (Phi) is 5.40. The third-order valence-electron chi connectivity index (χ3n) is 5.77. The third kappa shape index (κ3) is 4.04. The summed E-state index contributed by atoms with van der Waals surface area (Å²) in [6, 6.07) is 5.91. The van der Waals surface area contributed by atoms with E-state index in [1.54, 1.807) is 23.5 Å². The summed E-state index contributed by atoms with van der Waals surface area (Å²) in [5.41, 5.74) is 1.31. The fraction of sp³-hybridized carbons (Fsp3) is 0.476. The van der Waals surface area contributed by atoms with Gasteiger partial charge in [0, 0.05) is 28.9 Å². The fourth-order valence-electron chi connectivity index (χ4n) is 3.96. The van der Waals surface area contributed by atoms with Crippen molar-refractivity contribution in [2.45, 2.75) is 38.6 Å².